The van der Waals surface area contributed by atoms with Crippen molar-refractivity contribution in [1.29, 1.82) is 0 Å². The quantitative estimate of drug-likeness (QED) is 0.789. The number of aryl methyl sites for hydroxylation is 1. The van der Waals surface area contributed by atoms with Crippen LogP contribution in [0.25, 0.3) is 0 Å². The van der Waals surface area contributed by atoms with Gasteiger partial charge in [-0.1, -0.05) is 30.3 Å². The lowest BCUT2D eigenvalue weighted by Crippen LogP contribution is -2.08. The summed E-state index contributed by atoms with van der Waals surface area (Å²) in [5, 5.41) is 0. The minimum absolute atomic E-state index is 0.197. The molecule has 0 atom stereocenters. The van der Waals surface area contributed by atoms with Crippen LogP contribution in [0.5, 0.6) is 0 Å². The van der Waals surface area contributed by atoms with Crippen molar-refractivity contribution < 1.29 is 13.9 Å². The van der Waals surface area contributed by atoms with E-state index in [2.05, 4.69) is 15.9 Å². The number of benzene rings is 2. The topological polar surface area (TPSA) is 26.3 Å². The highest BCUT2D eigenvalue weighted by Crippen LogP contribution is 2.23. The predicted octanol–water partition coefficient (Wildman–Crippen LogP) is 4.25. The van der Waals surface area contributed by atoms with Crippen LogP contribution in [0.15, 0.2) is 46.9 Å². The molecule has 0 radical (unpaired) electrons. The molecule has 0 aliphatic heterocycles. The molecule has 0 bridgehead atoms. The van der Waals surface area contributed by atoms with Crippen LogP contribution < -0.4 is 0 Å². The zero-order valence-corrected chi connectivity index (χ0v) is 11.9. The standard InChI is InChI=1S/C15H12BrFO2/c1-10-7-12(17)8-13(16)14(10)15(18)19-9-11-5-3-2-4-6-11/h2-8H,9H2,1H3. The van der Waals surface area contributed by atoms with E-state index in [4.69, 9.17) is 4.74 Å². The van der Waals surface area contributed by atoms with Crippen molar-refractivity contribution in [3.05, 3.63) is 69.4 Å². The van der Waals surface area contributed by atoms with Crippen LogP contribution in [-0.4, -0.2) is 5.97 Å². The van der Waals surface area contributed by atoms with Gasteiger partial charge in [-0.25, -0.2) is 9.18 Å². The van der Waals surface area contributed by atoms with Gasteiger partial charge in [-0.2, -0.15) is 0 Å². The lowest BCUT2D eigenvalue weighted by molar-refractivity contribution is 0.0470. The summed E-state index contributed by atoms with van der Waals surface area (Å²) < 4.78 is 18.8. The Labute approximate surface area is 119 Å². The molecule has 19 heavy (non-hydrogen) atoms. The number of ether oxygens (including phenoxy) is 1. The van der Waals surface area contributed by atoms with E-state index in [1.165, 1.54) is 12.1 Å². The summed E-state index contributed by atoms with van der Waals surface area (Å²) in [4.78, 5) is 12.0. The van der Waals surface area contributed by atoms with Crippen molar-refractivity contribution >= 4 is 21.9 Å². The fourth-order valence-corrected chi connectivity index (χ4v) is 2.45. The summed E-state index contributed by atoms with van der Waals surface area (Å²) in [6.07, 6.45) is 0. The van der Waals surface area contributed by atoms with Gasteiger partial charge in [-0.15, -0.1) is 0 Å². The molecule has 2 aromatic carbocycles. The third-order valence-electron chi connectivity index (χ3n) is 2.67. The first-order chi connectivity index (χ1) is 9.08. The maximum atomic E-state index is 13.1. The van der Waals surface area contributed by atoms with Gasteiger partial charge in [0.2, 0.25) is 0 Å². The van der Waals surface area contributed by atoms with Gasteiger partial charge >= 0.3 is 5.97 Å². The molecular weight excluding hydrogens is 311 g/mol. The Morgan fingerprint density at radius 1 is 1.26 bits per heavy atom. The second-order valence-electron chi connectivity index (χ2n) is 4.14. The van der Waals surface area contributed by atoms with E-state index in [1.54, 1.807) is 6.92 Å². The van der Waals surface area contributed by atoms with E-state index >= 15 is 0 Å². The molecule has 2 nitrogen and oxygen atoms in total. The second-order valence-corrected chi connectivity index (χ2v) is 5.00. The first-order valence-electron chi connectivity index (χ1n) is 5.74. The molecule has 0 aliphatic carbocycles. The highest BCUT2D eigenvalue weighted by atomic mass is 79.9. The summed E-state index contributed by atoms with van der Waals surface area (Å²) in [7, 11) is 0. The molecule has 4 heteroatoms. The summed E-state index contributed by atoms with van der Waals surface area (Å²) in [6.45, 7) is 1.87. The molecule has 0 heterocycles. The highest BCUT2D eigenvalue weighted by Gasteiger charge is 2.16. The Bertz CT molecular complexity index is 573. The number of carbonyl (C=O) groups is 1. The minimum atomic E-state index is -0.465. The summed E-state index contributed by atoms with van der Waals surface area (Å²) in [5.41, 5.74) is 1.81. The maximum absolute atomic E-state index is 13.1. The summed E-state index contributed by atoms with van der Waals surface area (Å²) >= 11 is 3.18. The molecule has 0 saturated carbocycles. The van der Waals surface area contributed by atoms with Crippen LogP contribution in [0.3, 0.4) is 0 Å². The number of hydrogen-bond donors (Lipinski definition) is 0. The Kier molecular flexibility index (Phi) is 4.32. The van der Waals surface area contributed by atoms with Crippen LogP contribution in [0.1, 0.15) is 21.5 Å². The van der Waals surface area contributed by atoms with Crippen molar-refractivity contribution in [3.8, 4) is 0 Å². The molecule has 0 spiro atoms. The lowest BCUT2D eigenvalue weighted by atomic mass is 10.1. The largest absolute Gasteiger partial charge is 0.457 e. The number of rotatable bonds is 3. The van der Waals surface area contributed by atoms with Crippen LogP contribution in [-0.2, 0) is 11.3 Å². The highest BCUT2D eigenvalue weighted by molar-refractivity contribution is 9.10. The lowest BCUT2D eigenvalue weighted by Gasteiger charge is -2.09. The van der Waals surface area contributed by atoms with Gasteiger partial charge in [-0.05, 0) is 46.1 Å². The van der Waals surface area contributed by atoms with Crippen molar-refractivity contribution in [2.75, 3.05) is 0 Å². The number of halogens is 2. The Morgan fingerprint density at radius 3 is 2.58 bits per heavy atom. The molecule has 0 unspecified atom stereocenters. The normalized spacial score (nSPS) is 10.3. The number of esters is 1. The van der Waals surface area contributed by atoms with Crippen LogP contribution in [0.4, 0.5) is 4.39 Å². The molecule has 0 amide bonds. The monoisotopic (exact) mass is 322 g/mol. The Hall–Kier alpha value is -1.68. The first kappa shape index (κ1) is 13.7. The Morgan fingerprint density at radius 2 is 1.95 bits per heavy atom. The third kappa shape index (κ3) is 3.41. The van der Waals surface area contributed by atoms with Crippen LogP contribution >= 0.6 is 15.9 Å². The van der Waals surface area contributed by atoms with E-state index in [1.807, 2.05) is 30.3 Å². The molecule has 98 valence electrons. The molecule has 2 rings (SSSR count). The number of hydrogen-bond acceptors (Lipinski definition) is 2. The average molecular weight is 323 g/mol. The summed E-state index contributed by atoms with van der Waals surface area (Å²) in [5.74, 6) is -0.850. The summed E-state index contributed by atoms with van der Waals surface area (Å²) in [6, 6.07) is 12.0. The van der Waals surface area contributed by atoms with Crippen molar-refractivity contribution in [1.82, 2.24) is 0 Å². The van der Waals surface area contributed by atoms with Gasteiger partial charge in [0.15, 0.2) is 0 Å². The number of carbonyl (C=O) groups excluding carboxylic acids is 1. The SMILES string of the molecule is Cc1cc(F)cc(Br)c1C(=O)OCc1ccccc1. The fraction of sp³-hybridized carbons (Fsp3) is 0.133. The van der Waals surface area contributed by atoms with Gasteiger partial charge in [0.1, 0.15) is 12.4 Å². The molecule has 0 N–H and O–H groups in total. The maximum Gasteiger partial charge on any atom is 0.339 e. The van der Waals surface area contributed by atoms with Crippen molar-refractivity contribution in [3.63, 3.8) is 0 Å². The molecule has 0 aromatic heterocycles. The van der Waals surface area contributed by atoms with Crippen molar-refractivity contribution in [2.24, 2.45) is 0 Å². The minimum Gasteiger partial charge on any atom is -0.457 e. The van der Waals surface area contributed by atoms with Crippen LogP contribution in [0, 0.1) is 12.7 Å². The van der Waals surface area contributed by atoms with Crippen LogP contribution in [0.2, 0.25) is 0 Å². The van der Waals surface area contributed by atoms with Crippen molar-refractivity contribution in [2.45, 2.75) is 13.5 Å². The van der Waals surface area contributed by atoms with E-state index in [0.29, 0.717) is 15.6 Å². The fourth-order valence-electron chi connectivity index (χ4n) is 1.76. The zero-order valence-electron chi connectivity index (χ0n) is 10.3. The van der Waals surface area contributed by atoms with E-state index in [9.17, 15) is 9.18 Å². The third-order valence-corrected chi connectivity index (χ3v) is 3.29. The molecule has 0 fully saturated rings. The average Bonchev–Trinajstić information content (AvgIpc) is 2.36. The zero-order chi connectivity index (χ0) is 13.8. The molecular formula is C15H12BrFO2. The van der Waals surface area contributed by atoms with E-state index < -0.39 is 5.97 Å². The van der Waals surface area contributed by atoms with Gasteiger partial charge in [0.25, 0.3) is 0 Å². The second kappa shape index (κ2) is 5.97. The van der Waals surface area contributed by atoms with E-state index in [0.717, 1.165) is 5.56 Å². The predicted molar refractivity (Wildman–Crippen MR) is 74.4 cm³/mol. The smallest absolute Gasteiger partial charge is 0.339 e. The molecule has 0 saturated heterocycles. The molecule has 0 aliphatic rings. The van der Waals surface area contributed by atoms with E-state index in [-0.39, 0.29) is 12.4 Å². The van der Waals surface area contributed by atoms with Gasteiger partial charge in [-0.3, -0.25) is 0 Å². The molecule has 2 aromatic rings. The van der Waals surface area contributed by atoms with Gasteiger partial charge < -0.3 is 4.74 Å². The van der Waals surface area contributed by atoms with Gasteiger partial charge in [0, 0.05) is 4.47 Å². The van der Waals surface area contributed by atoms with Gasteiger partial charge in [0.05, 0.1) is 5.56 Å². The Balaban J connectivity index is 2.13. The first-order valence-corrected chi connectivity index (χ1v) is 6.54.